The van der Waals surface area contributed by atoms with Crippen LogP contribution in [-0.4, -0.2) is 36.7 Å². The van der Waals surface area contributed by atoms with Gasteiger partial charge in [0.15, 0.2) is 11.5 Å². The fourth-order valence-corrected chi connectivity index (χ4v) is 3.42. The topological polar surface area (TPSA) is 84.9 Å². The molecule has 1 saturated carbocycles. The first-order chi connectivity index (χ1) is 11.4. The smallest absolute Gasteiger partial charge is 0.308 e. The molecule has 0 saturated heterocycles. The van der Waals surface area contributed by atoms with Crippen LogP contribution in [-0.2, 0) is 16.0 Å². The molecule has 1 aromatic rings. The van der Waals surface area contributed by atoms with Crippen LogP contribution in [0.25, 0.3) is 0 Å². The number of amides is 1. The number of ether oxygens (including phenoxy) is 2. The van der Waals surface area contributed by atoms with E-state index >= 15 is 0 Å². The summed E-state index contributed by atoms with van der Waals surface area (Å²) in [4.78, 5) is 23.9. The summed E-state index contributed by atoms with van der Waals surface area (Å²) in [6.45, 7) is 1.83. The number of benzene rings is 1. The zero-order valence-corrected chi connectivity index (χ0v) is 14.4. The molecule has 0 aliphatic heterocycles. The van der Waals surface area contributed by atoms with Crippen molar-refractivity contribution in [3.05, 3.63) is 23.8 Å². The molecule has 1 aliphatic rings. The number of carbonyl (C=O) groups is 2. The van der Waals surface area contributed by atoms with Gasteiger partial charge in [0.2, 0.25) is 5.91 Å². The lowest BCUT2D eigenvalue weighted by Crippen LogP contribution is -2.55. The third-order valence-electron chi connectivity index (χ3n) is 4.74. The van der Waals surface area contributed by atoms with Gasteiger partial charge in [-0.25, -0.2) is 0 Å². The third-order valence-corrected chi connectivity index (χ3v) is 4.74. The molecule has 2 unspecified atom stereocenters. The number of rotatable bonds is 6. The number of hydrogen-bond donors (Lipinski definition) is 2. The maximum Gasteiger partial charge on any atom is 0.308 e. The van der Waals surface area contributed by atoms with Crippen LogP contribution in [0.2, 0.25) is 0 Å². The van der Waals surface area contributed by atoms with Crippen molar-refractivity contribution in [1.29, 1.82) is 0 Å². The van der Waals surface area contributed by atoms with Crippen molar-refractivity contribution in [2.45, 2.75) is 44.6 Å². The van der Waals surface area contributed by atoms with Crippen molar-refractivity contribution in [2.24, 2.45) is 5.92 Å². The van der Waals surface area contributed by atoms with E-state index in [2.05, 4.69) is 5.32 Å². The number of aliphatic carboxylic acids is 1. The van der Waals surface area contributed by atoms with E-state index in [-0.39, 0.29) is 12.3 Å². The lowest BCUT2D eigenvalue weighted by atomic mass is 9.74. The van der Waals surface area contributed by atoms with Crippen molar-refractivity contribution >= 4 is 11.9 Å². The van der Waals surface area contributed by atoms with Crippen molar-refractivity contribution in [3.8, 4) is 11.5 Å². The van der Waals surface area contributed by atoms with Gasteiger partial charge in [-0.15, -0.1) is 0 Å². The molecule has 2 N–H and O–H groups in total. The van der Waals surface area contributed by atoms with E-state index in [1.54, 1.807) is 32.4 Å². The number of carboxylic acid groups (broad SMARTS) is 1. The predicted octanol–water partition coefficient (Wildman–Crippen LogP) is 2.40. The van der Waals surface area contributed by atoms with Crippen LogP contribution in [0.3, 0.4) is 0 Å². The molecule has 1 amide bonds. The minimum Gasteiger partial charge on any atom is -0.493 e. The molecule has 1 aromatic carbocycles. The highest BCUT2D eigenvalue weighted by Gasteiger charge is 2.42. The largest absolute Gasteiger partial charge is 0.493 e. The highest BCUT2D eigenvalue weighted by molar-refractivity contribution is 5.81. The summed E-state index contributed by atoms with van der Waals surface area (Å²) >= 11 is 0. The van der Waals surface area contributed by atoms with Gasteiger partial charge in [0.1, 0.15) is 0 Å². The fraction of sp³-hybridized carbons (Fsp3) is 0.556. The lowest BCUT2D eigenvalue weighted by Gasteiger charge is -2.39. The first kappa shape index (κ1) is 18.1. The molecule has 2 rings (SSSR count). The predicted molar refractivity (Wildman–Crippen MR) is 89.4 cm³/mol. The second kappa shape index (κ2) is 7.55. The molecule has 1 aliphatic carbocycles. The molecule has 0 aromatic heterocycles. The Morgan fingerprint density at radius 2 is 1.96 bits per heavy atom. The zero-order valence-electron chi connectivity index (χ0n) is 14.4. The Kier molecular flexibility index (Phi) is 5.70. The molecule has 0 radical (unpaired) electrons. The molecular weight excluding hydrogens is 310 g/mol. The van der Waals surface area contributed by atoms with E-state index in [0.717, 1.165) is 18.4 Å². The van der Waals surface area contributed by atoms with Gasteiger partial charge in [-0.1, -0.05) is 18.9 Å². The molecule has 2 atom stereocenters. The fourth-order valence-electron chi connectivity index (χ4n) is 3.42. The van der Waals surface area contributed by atoms with E-state index < -0.39 is 17.4 Å². The van der Waals surface area contributed by atoms with E-state index in [1.165, 1.54) is 0 Å². The molecule has 0 heterocycles. The Balaban J connectivity index is 2.08. The Morgan fingerprint density at radius 3 is 2.58 bits per heavy atom. The Hall–Kier alpha value is -2.24. The van der Waals surface area contributed by atoms with Crippen LogP contribution in [0.1, 0.15) is 38.2 Å². The van der Waals surface area contributed by atoms with Crippen molar-refractivity contribution in [3.63, 3.8) is 0 Å². The molecule has 132 valence electrons. The Morgan fingerprint density at radius 1 is 1.25 bits per heavy atom. The van der Waals surface area contributed by atoms with E-state index in [9.17, 15) is 14.7 Å². The summed E-state index contributed by atoms with van der Waals surface area (Å²) in [5.41, 5.74) is 0.0917. The molecular formula is C18H25NO5. The van der Waals surface area contributed by atoms with Gasteiger partial charge in [0, 0.05) is 0 Å². The molecule has 1 fully saturated rings. The summed E-state index contributed by atoms with van der Waals surface area (Å²) in [5.74, 6) is -0.399. The number of hydrogen-bond acceptors (Lipinski definition) is 4. The van der Waals surface area contributed by atoms with Crippen LogP contribution >= 0.6 is 0 Å². The summed E-state index contributed by atoms with van der Waals surface area (Å²) in [7, 11) is 3.10. The van der Waals surface area contributed by atoms with Gasteiger partial charge in [0.25, 0.3) is 0 Å². The monoisotopic (exact) mass is 335 g/mol. The van der Waals surface area contributed by atoms with Gasteiger partial charge in [-0.2, -0.15) is 0 Å². The highest BCUT2D eigenvalue weighted by Crippen LogP contribution is 2.34. The van der Waals surface area contributed by atoms with Gasteiger partial charge >= 0.3 is 5.97 Å². The average Bonchev–Trinajstić information content (AvgIpc) is 2.54. The third kappa shape index (κ3) is 3.99. The van der Waals surface area contributed by atoms with Crippen LogP contribution in [0.15, 0.2) is 18.2 Å². The van der Waals surface area contributed by atoms with Gasteiger partial charge in [0.05, 0.1) is 32.1 Å². The normalized spacial score (nSPS) is 23.4. The molecule has 6 heteroatoms. The summed E-state index contributed by atoms with van der Waals surface area (Å²) in [6.07, 6.45) is 3.27. The minimum absolute atomic E-state index is 0.169. The van der Waals surface area contributed by atoms with Crippen LogP contribution in [0.4, 0.5) is 0 Å². The minimum atomic E-state index is -0.844. The number of carbonyl (C=O) groups excluding carboxylic acids is 1. The van der Waals surface area contributed by atoms with Crippen LogP contribution in [0.5, 0.6) is 11.5 Å². The van der Waals surface area contributed by atoms with Crippen molar-refractivity contribution in [1.82, 2.24) is 5.32 Å². The second-order valence-electron chi connectivity index (χ2n) is 6.47. The summed E-state index contributed by atoms with van der Waals surface area (Å²) in [6, 6.07) is 5.32. The lowest BCUT2D eigenvalue weighted by molar-refractivity contribution is -0.146. The molecule has 6 nitrogen and oxygen atoms in total. The van der Waals surface area contributed by atoms with Gasteiger partial charge in [-0.05, 0) is 37.5 Å². The first-order valence-corrected chi connectivity index (χ1v) is 8.14. The van der Waals surface area contributed by atoms with Crippen molar-refractivity contribution in [2.75, 3.05) is 14.2 Å². The van der Waals surface area contributed by atoms with E-state index in [1.807, 2.05) is 6.92 Å². The van der Waals surface area contributed by atoms with Crippen LogP contribution < -0.4 is 14.8 Å². The molecule has 0 spiro atoms. The average molecular weight is 335 g/mol. The summed E-state index contributed by atoms with van der Waals surface area (Å²) in [5, 5.41) is 12.4. The van der Waals surface area contributed by atoms with Crippen molar-refractivity contribution < 1.29 is 24.2 Å². The standard InChI is InChI=1S/C18H25NO5/c1-18(9-5-4-6-13(18)17(21)22)19-16(20)11-12-7-8-14(23-2)15(10-12)24-3/h7-8,10,13H,4-6,9,11H2,1-3H3,(H,19,20)(H,21,22). The van der Waals surface area contributed by atoms with Gasteiger partial charge < -0.3 is 19.9 Å². The van der Waals surface area contributed by atoms with E-state index in [4.69, 9.17) is 9.47 Å². The Bertz CT molecular complexity index is 615. The van der Waals surface area contributed by atoms with Gasteiger partial charge in [-0.3, -0.25) is 9.59 Å². The molecule has 0 bridgehead atoms. The first-order valence-electron chi connectivity index (χ1n) is 8.14. The number of carboxylic acids is 1. The van der Waals surface area contributed by atoms with E-state index in [0.29, 0.717) is 24.3 Å². The second-order valence-corrected chi connectivity index (χ2v) is 6.47. The summed E-state index contributed by atoms with van der Waals surface area (Å²) < 4.78 is 10.4. The quantitative estimate of drug-likeness (QED) is 0.834. The highest BCUT2D eigenvalue weighted by atomic mass is 16.5. The zero-order chi connectivity index (χ0) is 17.7. The molecule has 24 heavy (non-hydrogen) atoms. The maximum absolute atomic E-state index is 12.4. The maximum atomic E-state index is 12.4. The van der Waals surface area contributed by atoms with Crippen LogP contribution in [0, 0.1) is 5.92 Å². The number of nitrogens with one attached hydrogen (secondary N) is 1. The number of methoxy groups -OCH3 is 2. The SMILES string of the molecule is COc1ccc(CC(=O)NC2(C)CCCCC2C(=O)O)cc1OC. The Labute approximate surface area is 142 Å².